The second-order valence-corrected chi connectivity index (χ2v) is 9.04. The first-order chi connectivity index (χ1) is 14.7. The van der Waals surface area contributed by atoms with Crippen molar-refractivity contribution in [1.29, 1.82) is 0 Å². The fraction of sp³-hybridized carbons (Fsp3) is 0.333. The van der Waals surface area contributed by atoms with E-state index in [2.05, 4.69) is 20.8 Å². The highest BCUT2D eigenvalue weighted by molar-refractivity contribution is 14.1. The number of rotatable bonds is 9. The van der Waals surface area contributed by atoms with Gasteiger partial charge < -0.3 is 20.2 Å². The highest BCUT2D eigenvalue weighted by atomic mass is 127. The van der Waals surface area contributed by atoms with Crippen molar-refractivity contribution in [3.8, 4) is 11.5 Å². The summed E-state index contributed by atoms with van der Waals surface area (Å²) in [7, 11) is 0. The number of nitrogens with one attached hydrogen (secondary N) is 2. The number of hydrogen-bond donors (Lipinski definition) is 3. The summed E-state index contributed by atoms with van der Waals surface area (Å²) in [6.45, 7) is 4.55. The van der Waals surface area contributed by atoms with E-state index in [1.54, 1.807) is 6.07 Å². The lowest BCUT2D eigenvalue weighted by molar-refractivity contribution is 0.149. The molecule has 31 heavy (non-hydrogen) atoms. The lowest BCUT2D eigenvalue weighted by Gasteiger charge is -2.20. The third kappa shape index (κ3) is 5.88. The number of aliphatic hydroxyl groups excluding tert-OH is 1. The van der Waals surface area contributed by atoms with Crippen molar-refractivity contribution >= 4 is 40.0 Å². The number of aromatic nitrogens is 2. The van der Waals surface area contributed by atoms with Crippen LogP contribution in [0.25, 0.3) is 11.5 Å². The van der Waals surface area contributed by atoms with Gasteiger partial charge in [0.25, 0.3) is 5.89 Å². The maximum Gasteiger partial charge on any atom is 0.315 e. The maximum atomic E-state index is 14.6. The number of anilines is 3. The molecule has 3 rings (SSSR count). The molecular weight excluding hydrogens is 524 g/mol. The molecule has 1 aromatic heterocycles. The lowest BCUT2D eigenvalue weighted by Crippen LogP contribution is -2.18. The number of aliphatic hydroxyl groups is 1. The van der Waals surface area contributed by atoms with Gasteiger partial charge in [-0.1, -0.05) is 18.9 Å². The Bertz CT molecular complexity index is 1060. The summed E-state index contributed by atoms with van der Waals surface area (Å²) in [6.07, 6.45) is 1.55. The molecule has 6 nitrogen and oxygen atoms in total. The molecular formula is C21H22F3IN4O2. The molecule has 0 saturated carbocycles. The predicted molar refractivity (Wildman–Crippen MR) is 121 cm³/mol. The zero-order chi connectivity index (χ0) is 22.6. The third-order valence-corrected chi connectivity index (χ3v) is 5.35. The summed E-state index contributed by atoms with van der Waals surface area (Å²) in [4.78, 5) is 0. The predicted octanol–water partition coefficient (Wildman–Crippen LogP) is 5.71. The normalized spacial score (nSPS) is 11.6. The molecule has 0 spiro atoms. The van der Waals surface area contributed by atoms with Crippen LogP contribution in [0.3, 0.4) is 0 Å². The van der Waals surface area contributed by atoms with Crippen molar-refractivity contribution < 1.29 is 22.7 Å². The summed E-state index contributed by atoms with van der Waals surface area (Å²) >= 11 is 1.95. The first-order valence-electron chi connectivity index (χ1n) is 9.59. The maximum absolute atomic E-state index is 14.6. The molecule has 1 heterocycles. The van der Waals surface area contributed by atoms with Gasteiger partial charge in [0.05, 0.1) is 16.9 Å². The van der Waals surface area contributed by atoms with E-state index in [4.69, 9.17) is 4.42 Å². The Morgan fingerprint density at radius 3 is 2.58 bits per heavy atom. The molecule has 0 unspecified atom stereocenters. The van der Waals surface area contributed by atoms with Crippen LogP contribution in [-0.2, 0) is 0 Å². The molecule has 0 aliphatic carbocycles. The van der Waals surface area contributed by atoms with Gasteiger partial charge in [-0.3, -0.25) is 0 Å². The Balaban J connectivity index is 1.79. The molecule has 3 aromatic rings. The number of nitrogens with zero attached hydrogens (tertiary/aromatic N) is 2. The fourth-order valence-electron chi connectivity index (χ4n) is 2.82. The quantitative estimate of drug-likeness (QED) is 0.236. The van der Waals surface area contributed by atoms with E-state index < -0.39 is 17.5 Å². The zero-order valence-corrected chi connectivity index (χ0v) is 19.1. The SMILES string of the molecule is CC(C)(CO)CCCNc1nnc(-c2ccc(F)c(F)c2Nc2ccc(I)cc2F)o1. The molecule has 0 atom stereocenters. The molecule has 0 saturated heterocycles. The Morgan fingerprint density at radius 1 is 1.10 bits per heavy atom. The van der Waals surface area contributed by atoms with Crippen LogP contribution in [0.1, 0.15) is 26.7 Å². The minimum absolute atomic E-state index is 0.0180. The van der Waals surface area contributed by atoms with Crippen LogP contribution in [-0.4, -0.2) is 28.5 Å². The van der Waals surface area contributed by atoms with Crippen LogP contribution < -0.4 is 10.6 Å². The van der Waals surface area contributed by atoms with E-state index in [0.717, 1.165) is 18.9 Å². The van der Waals surface area contributed by atoms with Gasteiger partial charge in [0.2, 0.25) is 0 Å². The fourth-order valence-corrected chi connectivity index (χ4v) is 3.27. The van der Waals surface area contributed by atoms with E-state index in [9.17, 15) is 18.3 Å². The Labute approximate surface area is 191 Å². The first kappa shape index (κ1) is 23.3. The second kappa shape index (κ2) is 9.86. The lowest BCUT2D eigenvalue weighted by atomic mass is 9.89. The van der Waals surface area contributed by atoms with E-state index in [-0.39, 0.29) is 40.9 Å². The molecule has 0 fully saturated rings. The van der Waals surface area contributed by atoms with Gasteiger partial charge in [0.15, 0.2) is 11.6 Å². The molecule has 2 aromatic carbocycles. The van der Waals surface area contributed by atoms with Crippen molar-refractivity contribution in [2.24, 2.45) is 5.41 Å². The molecule has 0 bridgehead atoms. The number of hydrogen-bond acceptors (Lipinski definition) is 6. The van der Waals surface area contributed by atoms with Crippen LogP contribution >= 0.6 is 22.6 Å². The minimum Gasteiger partial charge on any atom is -0.403 e. The van der Waals surface area contributed by atoms with Crippen molar-refractivity contribution in [3.05, 3.63) is 51.4 Å². The molecule has 0 amide bonds. The Hall–Kier alpha value is -2.34. The third-order valence-electron chi connectivity index (χ3n) is 4.68. The molecule has 0 radical (unpaired) electrons. The smallest absolute Gasteiger partial charge is 0.315 e. The summed E-state index contributed by atoms with van der Waals surface area (Å²) in [5.74, 6) is -2.94. The van der Waals surface area contributed by atoms with Gasteiger partial charge in [0.1, 0.15) is 5.82 Å². The van der Waals surface area contributed by atoms with Gasteiger partial charge in [-0.05, 0) is 71.2 Å². The van der Waals surface area contributed by atoms with E-state index in [1.807, 2.05) is 36.4 Å². The van der Waals surface area contributed by atoms with Crippen molar-refractivity contribution in [3.63, 3.8) is 0 Å². The van der Waals surface area contributed by atoms with E-state index >= 15 is 0 Å². The largest absolute Gasteiger partial charge is 0.403 e. The van der Waals surface area contributed by atoms with Gasteiger partial charge in [-0.25, -0.2) is 13.2 Å². The summed E-state index contributed by atoms with van der Waals surface area (Å²) in [5, 5.41) is 22.6. The zero-order valence-electron chi connectivity index (χ0n) is 17.0. The highest BCUT2D eigenvalue weighted by Gasteiger charge is 2.21. The number of halogens is 4. The second-order valence-electron chi connectivity index (χ2n) is 7.80. The minimum atomic E-state index is -1.19. The molecule has 0 aliphatic heterocycles. The first-order valence-corrected chi connectivity index (χ1v) is 10.7. The molecule has 10 heteroatoms. The topological polar surface area (TPSA) is 83.2 Å². The molecule has 3 N–H and O–H groups in total. The highest BCUT2D eigenvalue weighted by Crippen LogP contribution is 2.34. The van der Waals surface area contributed by atoms with Crippen molar-refractivity contribution in [2.75, 3.05) is 23.8 Å². The van der Waals surface area contributed by atoms with Crippen LogP contribution in [0, 0.1) is 26.4 Å². The summed E-state index contributed by atoms with van der Waals surface area (Å²) in [6, 6.07) is 6.68. The van der Waals surface area contributed by atoms with E-state index in [0.29, 0.717) is 10.1 Å². The van der Waals surface area contributed by atoms with Crippen LogP contribution in [0.4, 0.5) is 30.6 Å². The molecule has 166 valence electrons. The van der Waals surface area contributed by atoms with Crippen molar-refractivity contribution in [2.45, 2.75) is 26.7 Å². The van der Waals surface area contributed by atoms with Crippen molar-refractivity contribution in [1.82, 2.24) is 10.2 Å². The molecule has 0 aliphatic rings. The van der Waals surface area contributed by atoms with E-state index in [1.165, 1.54) is 18.2 Å². The van der Waals surface area contributed by atoms with Gasteiger partial charge in [0, 0.05) is 16.7 Å². The average Bonchev–Trinajstić information content (AvgIpc) is 3.19. The van der Waals surface area contributed by atoms with Crippen LogP contribution in [0.15, 0.2) is 34.7 Å². The van der Waals surface area contributed by atoms with Crippen LogP contribution in [0.5, 0.6) is 0 Å². The standard InChI is InChI=1S/C21H22F3IN4O2/c1-21(2,11-30)8-3-9-26-20-29-28-19(31-20)13-5-6-14(22)17(24)18(13)27-16-7-4-12(25)10-15(16)23/h4-7,10,27,30H,3,8-9,11H2,1-2H3,(H,26,29). The van der Waals surface area contributed by atoms with Gasteiger partial charge >= 0.3 is 6.01 Å². The Kier molecular flexibility index (Phi) is 7.42. The monoisotopic (exact) mass is 546 g/mol. The van der Waals surface area contributed by atoms with Gasteiger partial charge in [-0.2, -0.15) is 0 Å². The summed E-state index contributed by atoms with van der Waals surface area (Å²) < 4.78 is 48.9. The number of benzene rings is 2. The average molecular weight is 546 g/mol. The Morgan fingerprint density at radius 2 is 1.87 bits per heavy atom. The van der Waals surface area contributed by atoms with Gasteiger partial charge in [-0.15, -0.1) is 5.10 Å². The summed E-state index contributed by atoms with van der Waals surface area (Å²) in [5.41, 5.74) is -0.409. The van der Waals surface area contributed by atoms with Crippen LogP contribution in [0.2, 0.25) is 0 Å².